The van der Waals surface area contributed by atoms with E-state index in [2.05, 4.69) is 11.9 Å². The van der Waals surface area contributed by atoms with E-state index in [4.69, 9.17) is 0 Å². The van der Waals surface area contributed by atoms with Gasteiger partial charge in [0.2, 0.25) is 0 Å². The minimum Gasteiger partial charge on any atom is -0.365 e. The normalized spacial score (nSPS) is 13.7. The number of benzene rings is 1. The Labute approximate surface area is 124 Å². The van der Waals surface area contributed by atoms with Crippen molar-refractivity contribution in [3.8, 4) is 0 Å². The van der Waals surface area contributed by atoms with Gasteiger partial charge in [0.25, 0.3) is 0 Å². The SMILES string of the molecule is C=CCC(N/C(=C/C)N(C)C)c1cccc(C(F)(F)F)c1. The summed E-state index contributed by atoms with van der Waals surface area (Å²) in [6.45, 7) is 5.55. The number of halogens is 3. The monoisotopic (exact) mass is 298 g/mol. The molecule has 0 bridgehead atoms. The molecule has 1 atom stereocenters. The highest BCUT2D eigenvalue weighted by Crippen LogP contribution is 2.31. The van der Waals surface area contributed by atoms with Crippen LogP contribution in [0.2, 0.25) is 0 Å². The summed E-state index contributed by atoms with van der Waals surface area (Å²) in [5.74, 6) is 0.847. The largest absolute Gasteiger partial charge is 0.416 e. The highest BCUT2D eigenvalue weighted by Gasteiger charge is 2.30. The van der Waals surface area contributed by atoms with Gasteiger partial charge in [-0.15, -0.1) is 6.58 Å². The zero-order valence-corrected chi connectivity index (χ0v) is 12.5. The van der Waals surface area contributed by atoms with Crippen LogP contribution in [0.1, 0.15) is 30.5 Å². The fourth-order valence-electron chi connectivity index (χ4n) is 2.03. The van der Waals surface area contributed by atoms with Crippen LogP contribution in [0.15, 0.2) is 48.8 Å². The maximum absolute atomic E-state index is 12.8. The van der Waals surface area contributed by atoms with Gasteiger partial charge in [0.15, 0.2) is 0 Å². The Morgan fingerprint density at radius 3 is 2.52 bits per heavy atom. The molecule has 1 unspecified atom stereocenters. The first-order valence-corrected chi connectivity index (χ1v) is 6.67. The van der Waals surface area contributed by atoms with E-state index in [1.54, 1.807) is 12.1 Å². The molecule has 0 saturated heterocycles. The van der Waals surface area contributed by atoms with Crippen LogP contribution >= 0.6 is 0 Å². The van der Waals surface area contributed by atoms with Crippen molar-refractivity contribution in [2.75, 3.05) is 14.1 Å². The summed E-state index contributed by atoms with van der Waals surface area (Å²) in [7, 11) is 3.75. The number of allylic oxidation sites excluding steroid dienone is 1. The van der Waals surface area contributed by atoms with Crippen LogP contribution in [0.4, 0.5) is 13.2 Å². The molecule has 1 N–H and O–H groups in total. The Bertz CT molecular complexity index is 504. The molecule has 1 aromatic carbocycles. The molecule has 5 heteroatoms. The number of hydrogen-bond donors (Lipinski definition) is 1. The summed E-state index contributed by atoms with van der Waals surface area (Å²) in [6, 6.07) is 5.14. The standard InChI is InChI=1S/C16H21F3N2/c1-5-8-14(20-15(6-2)21(3)4)12-9-7-10-13(11-12)16(17,18)19/h5-7,9-11,14,20H,1,8H2,2-4H3/b15-6-. The first-order valence-electron chi connectivity index (χ1n) is 6.67. The summed E-state index contributed by atoms with van der Waals surface area (Å²) >= 11 is 0. The molecule has 0 aliphatic carbocycles. The Balaban J connectivity index is 3.09. The van der Waals surface area contributed by atoms with Crippen molar-refractivity contribution in [1.29, 1.82) is 0 Å². The van der Waals surface area contributed by atoms with Crippen molar-refractivity contribution >= 4 is 0 Å². The van der Waals surface area contributed by atoms with Crippen LogP contribution in [-0.4, -0.2) is 19.0 Å². The minimum absolute atomic E-state index is 0.251. The molecule has 21 heavy (non-hydrogen) atoms. The Morgan fingerprint density at radius 2 is 2.05 bits per heavy atom. The van der Waals surface area contributed by atoms with E-state index in [9.17, 15) is 13.2 Å². The van der Waals surface area contributed by atoms with Crippen LogP contribution in [0.5, 0.6) is 0 Å². The molecule has 1 aromatic rings. The van der Waals surface area contributed by atoms with Gasteiger partial charge in [0, 0.05) is 14.1 Å². The predicted octanol–water partition coefficient (Wildman–Crippen LogP) is 4.34. The van der Waals surface area contributed by atoms with E-state index in [0.717, 1.165) is 11.9 Å². The molecule has 0 radical (unpaired) electrons. The molecular formula is C16H21F3N2. The molecular weight excluding hydrogens is 277 g/mol. The Morgan fingerprint density at radius 1 is 1.38 bits per heavy atom. The second-order valence-corrected chi connectivity index (χ2v) is 4.91. The van der Waals surface area contributed by atoms with Crippen LogP contribution in [0.3, 0.4) is 0 Å². The Hall–Kier alpha value is -1.91. The summed E-state index contributed by atoms with van der Waals surface area (Å²) in [4.78, 5) is 1.88. The summed E-state index contributed by atoms with van der Waals surface area (Å²) in [6.07, 6.45) is -0.225. The number of alkyl halides is 3. The second kappa shape index (κ2) is 7.20. The van der Waals surface area contributed by atoms with E-state index in [1.165, 1.54) is 12.1 Å². The van der Waals surface area contributed by atoms with Crippen LogP contribution in [0, 0.1) is 0 Å². The smallest absolute Gasteiger partial charge is 0.365 e. The van der Waals surface area contributed by atoms with Gasteiger partial charge in [-0.25, -0.2) is 0 Å². The number of nitrogens with zero attached hydrogens (tertiary/aromatic N) is 1. The quantitative estimate of drug-likeness (QED) is 0.786. The van der Waals surface area contributed by atoms with Gasteiger partial charge < -0.3 is 10.2 Å². The average Bonchev–Trinajstić information content (AvgIpc) is 2.42. The summed E-state index contributed by atoms with van der Waals surface area (Å²) in [5, 5.41) is 3.25. The lowest BCUT2D eigenvalue weighted by molar-refractivity contribution is -0.137. The van der Waals surface area contributed by atoms with Crippen molar-refractivity contribution in [2.45, 2.75) is 25.6 Å². The van der Waals surface area contributed by atoms with Crippen molar-refractivity contribution in [2.24, 2.45) is 0 Å². The van der Waals surface area contributed by atoms with Gasteiger partial charge in [-0.05, 0) is 37.1 Å². The van der Waals surface area contributed by atoms with E-state index in [0.29, 0.717) is 12.0 Å². The van der Waals surface area contributed by atoms with Crippen molar-refractivity contribution < 1.29 is 13.2 Å². The number of hydrogen-bond acceptors (Lipinski definition) is 2. The highest BCUT2D eigenvalue weighted by atomic mass is 19.4. The maximum atomic E-state index is 12.8. The van der Waals surface area contributed by atoms with E-state index < -0.39 is 11.7 Å². The number of nitrogens with one attached hydrogen (secondary N) is 1. The zero-order valence-electron chi connectivity index (χ0n) is 12.5. The molecule has 116 valence electrons. The zero-order chi connectivity index (χ0) is 16.0. The molecule has 0 saturated carbocycles. The Kier molecular flexibility index (Phi) is 5.88. The fourth-order valence-corrected chi connectivity index (χ4v) is 2.03. The third kappa shape index (κ3) is 4.85. The van der Waals surface area contributed by atoms with Gasteiger partial charge >= 0.3 is 6.18 Å². The second-order valence-electron chi connectivity index (χ2n) is 4.91. The molecule has 0 spiro atoms. The van der Waals surface area contributed by atoms with Crippen molar-refractivity contribution in [3.05, 3.63) is 59.9 Å². The summed E-state index contributed by atoms with van der Waals surface area (Å²) in [5.41, 5.74) is -0.0475. The van der Waals surface area contributed by atoms with Gasteiger partial charge in [0.1, 0.15) is 0 Å². The van der Waals surface area contributed by atoms with Gasteiger partial charge in [-0.2, -0.15) is 13.2 Å². The lowest BCUT2D eigenvalue weighted by atomic mass is 10.0. The lowest BCUT2D eigenvalue weighted by Gasteiger charge is -2.26. The van der Waals surface area contributed by atoms with Crippen LogP contribution < -0.4 is 5.32 Å². The third-order valence-corrected chi connectivity index (χ3v) is 3.10. The van der Waals surface area contributed by atoms with Gasteiger partial charge in [-0.1, -0.05) is 18.2 Å². The number of rotatable bonds is 6. The van der Waals surface area contributed by atoms with E-state index in [-0.39, 0.29) is 6.04 Å². The molecule has 0 aromatic heterocycles. The maximum Gasteiger partial charge on any atom is 0.416 e. The molecule has 0 fully saturated rings. The first-order chi connectivity index (χ1) is 9.79. The fraction of sp³-hybridized carbons (Fsp3) is 0.375. The van der Waals surface area contributed by atoms with Crippen LogP contribution in [-0.2, 0) is 6.18 Å². The van der Waals surface area contributed by atoms with E-state index >= 15 is 0 Å². The highest BCUT2D eigenvalue weighted by molar-refractivity contribution is 5.29. The van der Waals surface area contributed by atoms with Gasteiger partial charge in [-0.3, -0.25) is 0 Å². The summed E-state index contributed by atoms with van der Waals surface area (Å²) < 4.78 is 38.4. The molecule has 0 aliphatic heterocycles. The molecule has 0 heterocycles. The van der Waals surface area contributed by atoms with Crippen molar-refractivity contribution in [3.63, 3.8) is 0 Å². The minimum atomic E-state index is -4.33. The van der Waals surface area contributed by atoms with Gasteiger partial charge in [0.05, 0.1) is 17.4 Å². The average molecular weight is 298 g/mol. The molecule has 0 aliphatic rings. The predicted molar refractivity (Wildman–Crippen MR) is 79.6 cm³/mol. The molecule has 2 nitrogen and oxygen atoms in total. The van der Waals surface area contributed by atoms with E-state index in [1.807, 2.05) is 32.0 Å². The third-order valence-electron chi connectivity index (χ3n) is 3.10. The first kappa shape index (κ1) is 17.1. The topological polar surface area (TPSA) is 15.3 Å². The van der Waals surface area contributed by atoms with Crippen LogP contribution in [0.25, 0.3) is 0 Å². The lowest BCUT2D eigenvalue weighted by Crippen LogP contribution is -2.29. The molecule has 1 rings (SSSR count). The molecule has 0 amide bonds. The van der Waals surface area contributed by atoms with Crippen molar-refractivity contribution in [1.82, 2.24) is 10.2 Å².